The number of carbonyl (C=O) groups excluding carboxylic acids is 1. The number of amides is 1. The molecule has 1 amide bonds. The van der Waals surface area contributed by atoms with Gasteiger partial charge in [-0.2, -0.15) is 0 Å². The number of carboxylic acid groups (broad SMARTS) is 1. The van der Waals surface area contributed by atoms with Crippen molar-refractivity contribution in [1.29, 1.82) is 0 Å². The van der Waals surface area contributed by atoms with Gasteiger partial charge in [-0.25, -0.2) is 13.6 Å². The van der Waals surface area contributed by atoms with Gasteiger partial charge in [0.2, 0.25) is 0 Å². The quantitative estimate of drug-likeness (QED) is 0.720. The SMILES string of the molecule is O=C(NCC[C@H](O)C(=O)O)c1c(F)cccc1F. The minimum absolute atomic E-state index is 0.208. The highest BCUT2D eigenvalue weighted by Crippen LogP contribution is 2.11. The number of aliphatic carboxylic acids is 1. The molecular weight excluding hydrogens is 248 g/mol. The first-order valence-electron chi connectivity index (χ1n) is 5.06. The molecule has 1 aromatic rings. The highest BCUT2D eigenvalue weighted by Gasteiger charge is 2.18. The first-order valence-corrected chi connectivity index (χ1v) is 5.06. The number of carboxylic acids is 1. The predicted octanol–water partition coefficient (Wildman–Crippen LogP) is 0.530. The fourth-order valence-electron chi connectivity index (χ4n) is 1.25. The molecule has 18 heavy (non-hydrogen) atoms. The van der Waals surface area contributed by atoms with E-state index in [0.29, 0.717) is 0 Å². The van der Waals surface area contributed by atoms with Crippen LogP contribution in [0.1, 0.15) is 16.8 Å². The molecule has 1 rings (SSSR count). The maximum absolute atomic E-state index is 13.2. The summed E-state index contributed by atoms with van der Waals surface area (Å²) < 4.78 is 26.3. The third kappa shape index (κ3) is 3.49. The number of benzene rings is 1. The molecule has 1 aromatic carbocycles. The van der Waals surface area contributed by atoms with E-state index in [-0.39, 0.29) is 13.0 Å². The molecule has 7 heteroatoms. The fraction of sp³-hybridized carbons (Fsp3) is 0.273. The molecule has 0 fully saturated rings. The second-order valence-corrected chi connectivity index (χ2v) is 3.50. The van der Waals surface area contributed by atoms with Crippen molar-refractivity contribution < 1.29 is 28.6 Å². The van der Waals surface area contributed by atoms with Gasteiger partial charge in [-0.3, -0.25) is 4.79 Å². The van der Waals surface area contributed by atoms with E-state index in [2.05, 4.69) is 5.32 Å². The Hall–Kier alpha value is -2.02. The summed E-state index contributed by atoms with van der Waals surface area (Å²) in [5.41, 5.74) is -0.734. The van der Waals surface area contributed by atoms with E-state index in [9.17, 15) is 18.4 Å². The van der Waals surface area contributed by atoms with Crippen LogP contribution in [0.2, 0.25) is 0 Å². The molecule has 0 aliphatic rings. The second kappa shape index (κ2) is 6.06. The number of hydrogen-bond donors (Lipinski definition) is 3. The smallest absolute Gasteiger partial charge is 0.332 e. The topological polar surface area (TPSA) is 86.6 Å². The summed E-state index contributed by atoms with van der Waals surface area (Å²) in [5, 5.41) is 19.4. The fourth-order valence-corrected chi connectivity index (χ4v) is 1.25. The first kappa shape index (κ1) is 14.0. The Labute approximate surface area is 101 Å². The summed E-state index contributed by atoms with van der Waals surface area (Å²) in [4.78, 5) is 21.7. The average Bonchev–Trinajstić information content (AvgIpc) is 2.28. The molecule has 98 valence electrons. The maximum Gasteiger partial charge on any atom is 0.332 e. The number of rotatable bonds is 5. The van der Waals surface area contributed by atoms with Gasteiger partial charge in [0, 0.05) is 13.0 Å². The van der Waals surface area contributed by atoms with Crippen LogP contribution in [0.5, 0.6) is 0 Å². The lowest BCUT2D eigenvalue weighted by atomic mass is 10.2. The van der Waals surface area contributed by atoms with Crippen LogP contribution < -0.4 is 5.32 Å². The zero-order chi connectivity index (χ0) is 13.7. The number of aliphatic hydroxyl groups is 1. The Morgan fingerprint density at radius 3 is 2.33 bits per heavy atom. The molecule has 0 heterocycles. The molecule has 0 spiro atoms. The minimum atomic E-state index is -1.63. The summed E-state index contributed by atoms with van der Waals surface area (Å²) in [6, 6.07) is 2.99. The van der Waals surface area contributed by atoms with Crippen molar-refractivity contribution in [3.05, 3.63) is 35.4 Å². The molecule has 0 aliphatic carbocycles. The Morgan fingerprint density at radius 1 is 1.28 bits per heavy atom. The van der Waals surface area contributed by atoms with E-state index >= 15 is 0 Å². The number of halogens is 2. The number of aliphatic hydroxyl groups excluding tert-OH is 1. The number of nitrogens with one attached hydrogen (secondary N) is 1. The van der Waals surface area contributed by atoms with Gasteiger partial charge in [0.05, 0.1) is 0 Å². The van der Waals surface area contributed by atoms with Crippen molar-refractivity contribution in [2.24, 2.45) is 0 Å². The van der Waals surface area contributed by atoms with Crippen LogP contribution in [0.15, 0.2) is 18.2 Å². The molecule has 3 N–H and O–H groups in total. The van der Waals surface area contributed by atoms with E-state index in [0.717, 1.165) is 18.2 Å². The Morgan fingerprint density at radius 2 is 1.83 bits per heavy atom. The van der Waals surface area contributed by atoms with E-state index in [1.165, 1.54) is 0 Å². The molecule has 0 aromatic heterocycles. The van der Waals surface area contributed by atoms with Crippen molar-refractivity contribution in [1.82, 2.24) is 5.32 Å². The second-order valence-electron chi connectivity index (χ2n) is 3.50. The molecule has 1 atom stereocenters. The molecule has 0 radical (unpaired) electrons. The summed E-state index contributed by atoms with van der Waals surface area (Å²) >= 11 is 0. The van der Waals surface area contributed by atoms with Crippen LogP contribution >= 0.6 is 0 Å². The molecule has 0 saturated carbocycles. The van der Waals surface area contributed by atoms with Gasteiger partial charge in [-0.05, 0) is 12.1 Å². The van der Waals surface area contributed by atoms with E-state index in [4.69, 9.17) is 10.2 Å². The molecule has 0 aliphatic heterocycles. The van der Waals surface area contributed by atoms with Gasteiger partial charge >= 0.3 is 5.97 Å². The van der Waals surface area contributed by atoms with Crippen LogP contribution in [-0.4, -0.2) is 34.7 Å². The lowest BCUT2D eigenvalue weighted by Crippen LogP contribution is -2.31. The molecule has 0 saturated heterocycles. The maximum atomic E-state index is 13.2. The average molecular weight is 259 g/mol. The van der Waals surface area contributed by atoms with Crippen LogP contribution in [0.4, 0.5) is 8.78 Å². The number of carbonyl (C=O) groups is 2. The summed E-state index contributed by atoms with van der Waals surface area (Å²) in [5.74, 6) is -4.44. The molecular formula is C11H11F2NO4. The first-order chi connectivity index (χ1) is 8.43. The zero-order valence-corrected chi connectivity index (χ0v) is 9.19. The summed E-state index contributed by atoms with van der Waals surface area (Å²) in [6.45, 7) is -0.208. The van der Waals surface area contributed by atoms with Gasteiger partial charge in [0.25, 0.3) is 5.91 Å². The highest BCUT2D eigenvalue weighted by atomic mass is 19.1. The normalized spacial score (nSPS) is 11.9. The van der Waals surface area contributed by atoms with Crippen molar-refractivity contribution in [2.45, 2.75) is 12.5 Å². The van der Waals surface area contributed by atoms with Crippen molar-refractivity contribution in [3.63, 3.8) is 0 Å². The van der Waals surface area contributed by atoms with Gasteiger partial charge in [0.15, 0.2) is 6.10 Å². The Kier molecular flexibility index (Phi) is 4.73. The van der Waals surface area contributed by atoms with Crippen LogP contribution in [0, 0.1) is 11.6 Å². The molecule has 0 unspecified atom stereocenters. The highest BCUT2D eigenvalue weighted by molar-refractivity contribution is 5.94. The lowest BCUT2D eigenvalue weighted by Gasteiger charge is -2.08. The summed E-state index contributed by atoms with van der Waals surface area (Å²) in [7, 11) is 0. The third-order valence-corrected chi connectivity index (χ3v) is 2.18. The Balaban J connectivity index is 2.59. The third-order valence-electron chi connectivity index (χ3n) is 2.18. The lowest BCUT2D eigenvalue weighted by molar-refractivity contribution is -0.146. The Bertz CT molecular complexity index is 444. The standard InChI is InChI=1S/C11H11F2NO4/c12-6-2-1-3-7(13)9(6)10(16)14-5-4-8(15)11(17)18/h1-3,8,15H,4-5H2,(H,14,16)(H,17,18)/t8-/m0/s1. The van der Waals surface area contributed by atoms with Gasteiger partial charge in [-0.1, -0.05) is 6.07 Å². The van der Waals surface area contributed by atoms with Gasteiger partial charge in [-0.15, -0.1) is 0 Å². The minimum Gasteiger partial charge on any atom is -0.479 e. The largest absolute Gasteiger partial charge is 0.479 e. The zero-order valence-electron chi connectivity index (χ0n) is 9.19. The monoisotopic (exact) mass is 259 g/mol. The van der Waals surface area contributed by atoms with Crippen LogP contribution in [-0.2, 0) is 4.79 Å². The van der Waals surface area contributed by atoms with Crippen molar-refractivity contribution in [3.8, 4) is 0 Å². The van der Waals surface area contributed by atoms with E-state index in [1.54, 1.807) is 0 Å². The number of hydrogen-bond acceptors (Lipinski definition) is 3. The van der Waals surface area contributed by atoms with Crippen LogP contribution in [0.25, 0.3) is 0 Å². The summed E-state index contributed by atoms with van der Waals surface area (Å²) in [6.07, 6.45) is -1.88. The van der Waals surface area contributed by atoms with E-state index in [1.807, 2.05) is 0 Å². The molecule has 0 bridgehead atoms. The van der Waals surface area contributed by atoms with Gasteiger partial charge < -0.3 is 15.5 Å². The van der Waals surface area contributed by atoms with Crippen molar-refractivity contribution in [2.75, 3.05) is 6.54 Å². The van der Waals surface area contributed by atoms with Gasteiger partial charge in [0.1, 0.15) is 17.2 Å². The van der Waals surface area contributed by atoms with E-state index < -0.39 is 35.2 Å². The van der Waals surface area contributed by atoms with Crippen molar-refractivity contribution >= 4 is 11.9 Å². The molecule has 5 nitrogen and oxygen atoms in total. The van der Waals surface area contributed by atoms with Crippen LogP contribution in [0.3, 0.4) is 0 Å². The predicted molar refractivity (Wildman–Crippen MR) is 57.0 cm³/mol.